The Morgan fingerprint density at radius 3 is 2.57 bits per heavy atom. The third-order valence-corrected chi connectivity index (χ3v) is 1.84. The second-order valence-corrected chi connectivity index (χ2v) is 2.94. The van der Waals surface area contributed by atoms with Gasteiger partial charge in [0.15, 0.2) is 0 Å². The van der Waals surface area contributed by atoms with Crippen LogP contribution in [0.4, 0.5) is 0 Å². The second-order valence-electron chi connectivity index (χ2n) is 2.94. The first-order valence-corrected chi connectivity index (χ1v) is 4.73. The molecule has 0 saturated carbocycles. The number of rotatable bonds is 6. The van der Waals surface area contributed by atoms with E-state index in [0.29, 0.717) is 25.8 Å². The first-order valence-electron chi connectivity index (χ1n) is 4.73. The van der Waals surface area contributed by atoms with Crippen LogP contribution in [0.5, 0.6) is 0 Å². The Balaban J connectivity index is 3.92. The lowest BCUT2D eigenvalue weighted by molar-refractivity contribution is -0.145. The van der Waals surface area contributed by atoms with Crippen LogP contribution in [-0.2, 0) is 14.3 Å². The Morgan fingerprint density at radius 2 is 2.14 bits per heavy atom. The topological polar surface area (TPSA) is 81.4 Å². The molecule has 5 nitrogen and oxygen atoms in total. The van der Waals surface area contributed by atoms with Crippen molar-refractivity contribution in [3.8, 4) is 0 Å². The highest BCUT2D eigenvalue weighted by Gasteiger charge is 2.18. The Hall–Kier alpha value is -1.10. The van der Waals surface area contributed by atoms with Crippen molar-refractivity contribution >= 4 is 11.9 Å². The van der Waals surface area contributed by atoms with E-state index >= 15 is 0 Å². The van der Waals surface area contributed by atoms with Gasteiger partial charge in [-0.25, -0.2) is 4.79 Å². The van der Waals surface area contributed by atoms with Crippen molar-refractivity contribution < 1.29 is 14.3 Å². The van der Waals surface area contributed by atoms with E-state index in [1.54, 1.807) is 0 Å². The predicted molar refractivity (Wildman–Crippen MR) is 52.5 cm³/mol. The average Bonchev–Trinajstić information content (AvgIpc) is 2.21. The fourth-order valence-electron chi connectivity index (χ4n) is 0.999. The maximum absolute atomic E-state index is 11.2. The molecule has 0 spiro atoms. The fraction of sp³-hybridized carbons (Fsp3) is 0.778. The van der Waals surface area contributed by atoms with Gasteiger partial charge in [-0.2, -0.15) is 0 Å². The number of methoxy groups -OCH3 is 1. The normalized spacial score (nSPS) is 11.9. The Bertz CT molecular complexity index is 194. The Morgan fingerprint density at radius 1 is 1.50 bits per heavy atom. The van der Waals surface area contributed by atoms with Gasteiger partial charge in [0.05, 0.1) is 7.11 Å². The molecule has 1 unspecified atom stereocenters. The van der Waals surface area contributed by atoms with Crippen molar-refractivity contribution in [2.45, 2.75) is 32.2 Å². The highest BCUT2D eigenvalue weighted by molar-refractivity contribution is 5.84. The van der Waals surface area contributed by atoms with E-state index in [0.717, 1.165) is 0 Å². The number of esters is 1. The molecule has 0 radical (unpaired) electrons. The highest BCUT2D eigenvalue weighted by atomic mass is 16.5. The van der Waals surface area contributed by atoms with Gasteiger partial charge in [-0.3, -0.25) is 4.79 Å². The summed E-state index contributed by atoms with van der Waals surface area (Å²) in [5, 5.41) is 2.58. The summed E-state index contributed by atoms with van der Waals surface area (Å²) >= 11 is 0. The van der Waals surface area contributed by atoms with Crippen molar-refractivity contribution in [3.63, 3.8) is 0 Å². The summed E-state index contributed by atoms with van der Waals surface area (Å²) in [6, 6.07) is -0.537. The molecule has 0 aromatic heterocycles. The van der Waals surface area contributed by atoms with Gasteiger partial charge in [0.25, 0.3) is 0 Å². The van der Waals surface area contributed by atoms with Crippen LogP contribution in [0.2, 0.25) is 0 Å². The zero-order valence-corrected chi connectivity index (χ0v) is 8.71. The van der Waals surface area contributed by atoms with Gasteiger partial charge >= 0.3 is 5.97 Å². The molecule has 0 fully saturated rings. The third kappa shape index (κ3) is 4.81. The first kappa shape index (κ1) is 12.9. The van der Waals surface area contributed by atoms with Gasteiger partial charge in [0.2, 0.25) is 5.91 Å². The smallest absolute Gasteiger partial charge is 0.328 e. The van der Waals surface area contributed by atoms with E-state index in [-0.39, 0.29) is 5.91 Å². The maximum Gasteiger partial charge on any atom is 0.328 e. The number of amides is 1. The zero-order valence-electron chi connectivity index (χ0n) is 8.71. The Labute approximate surface area is 84.0 Å². The molecule has 5 heteroatoms. The minimum Gasteiger partial charge on any atom is -0.467 e. The number of ether oxygens (including phenoxy) is 1. The van der Waals surface area contributed by atoms with Gasteiger partial charge < -0.3 is 15.8 Å². The molecule has 0 aliphatic heterocycles. The largest absolute Gasteiger partial charge is 0.467 e. The van der Waals surface area contributed by atoms with Crippen molar-refractivity contribution in [1.29, 1.82) is 0 Å². The van der Waals surface area contributed by atoms with E-state index < -0.39 is 12.0 Å². The number of carbonyl (C=O) groups is 2. The van der Waals surface area contributed by atoms with Gasteiger partial charge in [-0.05, 0) is 19.4 Å². The summed E-state index contributed by atoms with van der Waals surface area (Å²) in [7, 11) is 1.30. The van der Waals surface area contributed by atoms with Crippen LogP contribution in [0.3, 0.4) is 0 Å². The van der Waals surface area contributed by atoms with Gasteiger partial charge in [0.1, 0.15) is 6.04 Å². The van der Waals surface area contributed by atoms with E-state index in [1.165, 1.54) is 7.11 Å². The molecule has 1 amide bonds. The number of nitrogens with two attached hydrogens (primary N) is 1. The molecule has 0 heterocycles. The third-order valence-electron chi connectivity index (χ3n) is 1.84. The Kier molecular flexibility index (Phi) is 6.74. The van der Waals surface area contributed by atoms with E-state index in [9.17, 15) is 9.59 Å². The summed E-state index contributed by atoms with van der Waals surface area (Å²) in [6.45, 7) is 2.28. The van der Waals surface area contributed by atoms with Crippen molar-refractivity contribution in [3.05, 3.63) is 0 Å². The van der Waals surface area contributed by atoms with E-state index in [2.05, 4.69) is 10.1 Å². The summed E-state index contributed by atoms with van der Waals surface area (Å²) in [4.78, 5) is 22.3. The maximum atomic E-state index is 11.2. The van der Waals surface area contributed by atoms with Gasteiger partial charge in [0, 0.05) is 6.42 Å². The fourth-order valence-corrected chi connectivity index (χ4v) is 0.999. The van der Waals surface area contributed by atoms with Crippen LogP contribution in [0.1, 0.15) is 26.2 Å². The summed E-state index contributed by atoms with van der Waals surface area (Å²) in [5.41, 5.74) is 5.25. The lowest BCUT2D eigenvalue weighted by Gasteiger charge is -2.13. The number of hydrogen-bond donors (Lipinski definition) is 2. The predicted octanol–water partition coefficient (Wildman–Crippen LogP) is -0.207. The van der Waals surface area contributed by atoms with E-state index in [1.807, 2.05) is 6.92 Å². The van der Waals surface area contributed by atoms with Crippen molar-refractivity contribution in [2.75, 3.05) is 13.7 Å². The molecule has 0 aliphatic rings. The molecule has 82 valence electrons. The molecular weight excluding hydrogens is 184 g/mol. The van der Waals surface area contributed by atoms with Crippen molar-refractivity contribution in [2.24, 2.45) is 5.73 Å². The van der Waals surface area contributed by atoms with Crippen LogP contribution in [0.15, 0.2) is 0 Å². The van der Waals surface area contributed by atoms with Crippen LogP contribution in [0, 0.1) is 0 Å². The molecule has 0 aromatic carbocycles. The number of carbonyl (C=O) groups excluding carboxylic acids is 2. The van der Waals surface area contributed by atoms with Crippen LogP contribution < -0.4 is 11.1 Å². The van der Waals surface area contributed by atoms with Gasteiger partial charge in [-0.15, -0.1) is 0 Å². The lowest BCUT2D eigenvalue weighted by Crippen LogP contribution is -2.41. The minimum absolute atomic E-state index is 0.160. The molecular formula is C9H18N2O3. The second kappa shape index (κ2) is 7.32. The SMILES string of the molecule is CCC(NC(=O)CCCN)C(=O)OC. The zero-order chi connectivity index (χ0) is 11.0. The number of hydrogen-bond acceptors (Lipinski definition) is 4. The quantitative estimate of drug-likeness (QED) is 0.584. The standard InChI is InChI=1S/C9H18N2O3/c1-3-7(9(13)14-2)11-8(12)5-4-6-10/h7H,3-6,10H2,1-2H3,(H,11,12). The monoisotopic (exact) mass is 202 g/mol. The molecule has 3 N–H and O–H groups in total. The van der Waals surface area contributed by atoms with Crippen LogP contribution in [0.25, 0.3) is 0 Å². The summed E-state index contributed by atoms with van der Waals surface area (Å²) in [5.74, 6) is -0.568. The minimum atomic E-state index is -0.537. The first-order chi connectivity index (χ1) is 6.65. The molecule has 1 atom stereocenters. The number of nitrogens with one attached hydrogen (secondary N) is 1. The van der Waals surface area contributed by atoms with Gasteiger partial charge in [-0.1, -0.05) is 6.92 Å². The summed E-state index contributed by atoms with van der Waals surface area (Å²) in [6.07, 6.45) is 1.51. The summed E-state index contributed by atoms with van der Waals surface area (Å²) < 4.78 is 4.53. The molecule has 14 heavy (non-hydrogen) atoms. The van der Waals surface area contributed by atoms with Crippen LogP contribution in [-0.4, -0.2) is 31.6 Å². The molecule has 0 bridgehead atoms. The highest BCUT2D eigenvalue weighted by Crippen LogP contribution is 1.96. The molecule has 0 saturated heterocycles. The van der Waals surface area contributed by atoms with E-state index in [4.69, 9.17) is 5.73 Å². The molecule has 0 aliphatic carbocycles. The average molecular weight is 202 g/mol. The lowest BCUT2D eigenvalue weighted by atomic mass is 10.2. The molecule has 0 rings (SSSR count). The van der Waals surface area contributed by atoms with Crippen LogP contribution >= 0.6 is 0 Å². The van der Waals surface area contributed by atoms with Crippen molar-refractivity contribution in [1.82, 2.24) is 5.32 Å². The molecule has 0 aromatic rings.